The molecule has 2 saturated heterocycles. The molecule has 2 aliphatic heterocycles. The number of thiazole rings is 1. The van der Waals surface area contributed by atoms with E-state index in [9.17, 15) is 27.7 Å². The molecule has 3 aromatic rings. The molecule has 2 aliphatic rings. The van der Waals surface area contributed by atoms with Crippen molar-refractivity contribution in [2.75, 3.05) is 25.1 Å². The van der Waals surface area contributed by atoms with Gasteiger partial charge in [-0.2, -0.15) is 8.78 Å². The minimum absolute atomic E-state index is 0.128. The van der Waals surface area contributed by atoms with Gasteiger partial charge in [0, 0.05) is 41.1 Å². The highest BCUT2D eigenvalue weighted by atomic mass is 32.1. The molecule has 2 aromatic heterocycles. The standard InChI is InChI=1S/C29H35F2N4O7PS2/c1-28(2,3)23(33-25(37)21-14-17-13-18(6-7-20(17)44-21)29(30,31)43(39,40)41)26(38)35-10-4-5-19(35)24(36)34-27-32-15-22(45-27)16-8-11-42-12-9-16/h6-7,13-16,19,23H,4-5,8-12H2,1-3H3,(H,33,37)(H,32,34,36)(H2,39,40,41). The van der Waals surface area contributed by atoms with Gasteiger partial charge >= 0.3 is 13.3 Å². The summed E-state index contributed by atoms with van der Waals surface area (Å²) in [6, 6.07) is 2.71. The van der Waals surface area contributed by atoms with E-state index < -0.39 is 48.1 Å². The lowest BCUT2D eigenvalue weighted by Crippen LogP contribution is -2.57. The summed E-state index contributed by atoms with van der Waals surface area (Å²) >= 11 is 2.41. The number of aromatic nitrogens is 1. The number of amides is 3. The molecule has 3 amide bonds. The largest absolute Gasteiger partial charge is 0.399 e. The van der Waals surface area contributed by atoms with Gasteiger partial charge in [-0.05, 0) is 60.6 Å². The number of hydrogen-bond acceptors (Lipinski definition) is 8. The molecular formula is C29H35F2N4O7PS2. The molecule has 11 nitrogen and oxygen atoms in total. The van der Waals surface area contributed by atoms with E-state index in [1.165, 1.54) is 28.4 Å². The highest BCUT2D eigenvalue weighted by Gasteiger charge is 2.50. The first-order chi connectivity index (χ1) is 21.1. The van der Waals surface area contributed by atoms with Crippen LogP contribution in [0.25, 0.3) is 10.1 Å². The minimum atomic E-state index is -5.76. The first-order valence-corrected chi connectivity index (χ1v) is 17.7. The number of hydrogen-bond donors (Lipinski definition) is 4. The van der Waals surface area contributed by atoms with Crippen LogP contribution in [0.5, 0.6) is 0 Å². The average molecular weight is 685 g/mol. The number of fused-ring (bicyclic) bond motifs is 1. The van der Waals surface area contributed by atoms with Crippen LogP contribution in [0.3, 0.4) is 0 Å². The Bertz CT molecular complexity index is 1640. The van der Waals surface area contributed by atoms with Gasteiger partial charge in [0.2, 0.25) is 11.8 Å². The van der Waals surface area contributed by atoms with Crippen LogP contribution in [0, 0.1) is 5.41 Å². The number of likely N-dealkylation sites (tertiary alicyclic amines) is 1. The van der Waals surface area contributed by atoms with E-state index in [1.807, 2.05) is 0 Å². The third-order valence-corrected chi connectivity index (χ3v) is 11.2. The van der Waals surface area contributed by atoms with Gasteiger partial charge in [0.15, 0.2) is 5.13 Å². The maximum absolute atomic E-state index is 14.3. The number of halogens is 2. The SMILES string of the molecule is CC(C)(C)C(NC(=O)c1cc2cc(C(F)(F)P(=O)(O)O)ccc2s1)C(=O)N1CCCC1C(=O)Nc1ncc(C2CCOCC2)s1. The van der Waals surface area contributed by atoms with E-state index >= 15 is 0 Å². The Kier molecular flexibility index (Phi) is 9.52. The molecule has 5 rings (SSSR count). The summed E-state index contributed by atoms with van der Waals surface area (Å²) in [5, 5.41) is 6.32. The molecule has 2 atom stereocenters. The van der Waals surface area contributed by atoms with Gasteiger partial charge in [0.1, 0.15) is 12.1 Å². The Balaban J connectivity index is 1.30. The molecule has 0 bridgehead atoms. The van der Waals surface area contributed by atoms with Crippen LogP contribution in [0.4, 0.5) is 13.9 Å². The van der Waals surface area contributed by atoms with Crippen molar-refractivity contribution in [3.63, 3.8) is 0 Å². The van der Waals surface area contributed by atoms with Crippen LogP contribution in [-0.4, -0.2) is 69.2 Å². The maximum atomic E-state index is 14.3. The van der Waals surface area contributed by atoms with Crippen LogP contribution in [-0.2, 0) is 24.6 Å². The van der Waals surface area contributed by atoms with E-state index in [-0.39, 0.29) is 16.2 Å². The Hall–Kier alpha value is -2.81. The van der Waals surface area contributed by atoms with Gasteiger partial charge in [0.05, 0.1) is 4.88 Å². The zero-order valence-corrected chi connectivity index (χ0v) is 27.4. The normalized spacial score (nSPS) is 19.1. The number of benzene rings is 1. The highest BCUT2D eigenvalue weighted by molar-refractivity contribution is 7.52. The van der Waals surface area contributed by atoms with Crippen molar-refractivity contribution in [1.29, 1.82) is 0 Å². The fraction of sp³-hybridized carbons (Fsp3) is 0.517. The van der Waals surface area contributed by atoms with Crippen molar-refractivity contribution in [3.8, 4) is 0 Å². The van der Waals surface area contributed by atoms with Crippen molar-refractivity contribution < 1.29 is 42.3 Å². The number of nitrogens with one attached hydrogen (secondary N) is 2. The molecule has 4 heterocycles. The lowest BCUT2D eigenvalue weighted by atomic mass is 9.85. The van der Waals surface area contributed by atoms with E-state index in [1.54, 1.807) is 27.0 Å². The first kappa shape index (κ1) is 33.6. The number of rotatable bonds is 8. The smallest absolute Gasteiger partial charge is 0.381 e. The third kappa shape index (κ3) is 7.13. The molecule has 45 heavy (non-hydrogen) atoms. The first-order valence-electron chi connectivity index (χ1n) is 14.5. The second kappa shape index (κ2) is 12.8. The Morgan fingerprint density at radius 1 is 1.11 bits per heavy atom. The molecule has 2 fully saturated rings. The fourth-order valence-corrected chi connectivity index (χ4v) is 7.94. The Morgan fingerprint density at radius 2 is 1.82 bits per heavy atom. The zero-order valence-electron chi connectivity index (χ0n) is 24.9. The molecule has 0 radical (unpaired) electrons. The minimum Gasteiger partial charge on any atom is -0.381 e. The van der Waals surface area contributed by atoms with E-state index in [0.29, 0.717) is 48.3 Å². The predicted molar refractivity (Wildman–Crippen MR) is 167 cm³/mol. The van der Waals surface area contributed by atoms with Gasteiger partial charge in [-0.15, -0.1) is 22.7 Å². The van der Waals surface area contributed by atoms with Gasteiger partial charge in [-0.3, -0.25) is 18.9 Å². The summed E-state index contributed by atoms with van der Waals surface area (Å²) in [5.74, 6) is -1.04. The zero-order chi connectivity index (χ0) is 32.7. The number of carbonyl (C=O) groups is 3. The highest BCUT2D eigenvalue weighted by Crippen LogP contribution is 2.59. The Labute approximate surface area is 266 Å². The summed E-state index contributed by atoms with van der Waals surface area (Å²) in [5.41, 5.74) is -6.01. The molecule has 244 valence electrons. The van der Waals surface area contributed by atoms with Crippen molar-refractivity contribution in [1.82, 2.24) is 15.2 Å². The molecule has 4 N–H and O–H groups in total. The second-order valence-corrected chi connectivity index (χ2v) is 16.2. The summed E-state index contributed by atoms with van der Waals surface area (Å²) in [6.45, 7) is 7.08. The predicted octanol–water partition coefficient (Wildman–Crippen LogP) is 5.25. The van der Waals surface area contributed by atoms with Crippen LogP contribution in [0.15, 0.2) is 30.5 Å². The van der Waals surface area contributed by atoms with Gasteiger partial charge in [0.25, 0.3) is 5.91 Å². The second-order valence-electron chi connectivity index (χ2n) is 12.4. The summed E-state index contributed by atoms with van der Waals surface area (Å²) in [4.78, 5) is 65.9. The number of ether oxygens (including phenoxy) is 1. The molecule has 0 spiro atoms. The maximum Gasteiger partial charge on any atom is 0.399 e. The lowest BCUT2D eigenvalue weighted by Gasteiger charge is -2.35. The van der Waals surface area contributed by atoms with E-state index in [0.717, 1.165) is 41.2 Å². The Morgan fingerprint density at radius 3 is 2.49 bits per heavy atom. The number of nitrogens with zero attached hydrogens (tertiary/aromatic N) is 2. The van der Waals surface area contributed by atoms with Crippen molar-refractivity contribution in [2.45, 2.75) is 70.1 Å². The summed E-state index contributed by atoms with van der Waals surface area (Å²) in [7, 11) is -5.76. The molecule has 16 heteroatoms. The van der Waals surface area contributed by atoms with E-state index in [2.05, 4.69) is 15.6 Å². The molecule has 1 aromatic carbocycles. The van der Waals surface area contributed by atoms with Gasteiger partial charge in [-0.25, -0.2) is 4.98 Å². The summed E-state index contributed by atoms with van der Waals surface area (Å²) in [6.07, 6.45) is 4.64. The van der Waals surface area contributed by atoms with Crippen LogP contribution in [0.2, 0.25) is 0 Å². The quantitative estimate of drug-likeness (QED) is 0.234. The number of alkyl halides is 2. The molecule has 2 unspecified atom stereocenters. The lowest BCUT2D eigenvalue weighted by molar-refractivity contribution is -0.140. The average Bonchev–Trinajstić information content (AvgIpc) is 3.74. The summed E-state index contributed by atoms with van der Waals surface area (Å²) < 4.78 is 45.7. The number of anilines is 1. The van der Waals surface area contributed by atoms with Crippen LogP contribution in [0.1, 0.15) is 72.5 Å². The van der Waals surface area contributed by atoms with Crippen LogP contribution >= 0.6 is 30.3 Å². The molecule has 0 aliphatic carbocycles. The van der Waals surface area contributed by atoms with Crippen molar-refractivity contribution >= 4 is 63.2 Å². The van der Waals surface area contributed by atoms with E-state index in [4.69, 9.17) is 14.5 Å². The molecule has 0 saturated carbocycles. The van der Waals surface area contributed by atoms with Crippen molar-refractivity contribution in [3.05, 3.63) is 45.8 Å². The number of thiophene rings is 1. The monoisotopic (exact) mass is 684 g/mol. The topological polar surface area (TPSA) is 158 Å². The van der Waals surface area contributed by atoms with Crippen molar-refractivity contribution in [2.24, 2.45) is 5.41 Å². The van der Waals surface area contributed by atoms with Gasteiger partial charge in [-0.1, -0.05) is 26.8 Å². The fourth-order valence-electron chi connectivity index (χ4n) is 5.53. The van der Waals surface area contributed by atoms with Gasteiger partial charge < -0.3 is 30.1 Å². The number of carbonyl (C=O) groups excluding carboxylic acids is 3. The van der Waals surface area contributed by atoms with Crippen LogP contribution < -0.4 is 10.6 Å². The third-order valence-electron chi connectivity index (χ3n) is 8.06. The molecular weight excluding hydrogens is 649 g/mol.